The third kappa shape index (κ3) is 12.1. The number of nitrogens with zero attached hydrogens (tertiary/aromatic N) is 1. The number of benzene rings is 4. The van der Waals surface area contributed by atoms with Gasteiger partial charge in [0.15, 0.2) is 0 Å². The number of esters is 1. The minimum Gasteiger partial charge on any atom is -0.464 e. The molecule has 0 bridgehead atoms. The first kappa shape index (κ1) is 45.9. The number of furan rings is 1. The topological polar surface area (TPSA) is 88.9 Å². The van der Waals surface area contributed by atoms with Crippen molar-refractivity contribution < 1.29 is 23.5 Å². The summed E-state index contributed by atoms with van der Waals surface area (Å²) < 4.78 is 11.1. The largest absolute Gasteiger partial charge is 0.464 e. The quantitative estimate of drug-likeness (QED) is 0.118. The Labute approximate surface area is 335 Å². The fourth-order valence-electron chi connectivity index (χ4n) is 5.59. The lowest BCUT2D eigenvalue weighted by Gasteiger charge is -2.30. The molecule has 0 aliphatic carbocycles. The highest BCUT2D eigenvalue weighted by Crippen LogP contribution is 2.35. The smallest absolute Gasteiger partial charge is 0.329 e. The highest BCUT2D eigenvalue weighted by molar-refractivity contribution is 7.98. The average Bonchev–Trinajstić information content (AvgIpc) is 3.71. The molecule has 4 aromatic carbocycles. The molecule has 7 nitrogen and oxygen atoms in total. The molecule has 10 heteroatoms. The van der Waals surface area contributed by atoms with Gasteiger partial charge in [-0.3, -0.25) is 9.59 Å². The van der Waals surface area contributed by atoms with Crippen LogP contribution in [-0.4, -0.2) is 41.5 Å². The Hall–Kier alpha value is -4.24. The van der Waals surface area contributed by atoms with E-state index in [9.17, 15) is 14.4 Å². The summed E-state index contributed by atoms with van der Waals surface area (Å²) in [6.07, 6.45) is 4.22. The summed E-state index contributed by atoms with van der Waals surface area (Å²) in [7, 11) is 0. The summed E-state index contributed by atoms with van der Waals surface area (Å²) in [5.74, 6) is -1.29. The zero-order valence-electron chi connectivity index (χ0n) is 32.9. The Bertz CT molecular complexity index is 1930. The molecule has 2 amide bonds. The Morgan fingerprint density at radius 3 is 2.22 bits per heavy atom. The van der Waals surface area contributed by atoms with Gasteiger partial charge in [0, 0.05) is 35.4 Å². The van der Waals surface area contributed by atoms with Crippen molar-refractivity contribution in [3.63, 3.8) is 0 Å². The fraction of sp³-hybridized carbons (Fsp3) is 0.341. The van der Waals surface area contributed by atoms with Gasteiger partial charge in [-0.15, -0.1) is 11.8 Å². The number of nitrogens with one attached hydrogen (secondary N) is 1. The predicted molar refractivity (Wildman–Crippen MR) is 226 cm³/mol. The van der Waals surface area contributed by atoms with Crippen molar-refractivity contribution in [1.82, 2.24) is 10.2 Å². The van der Waals surface area contributed by atoms with Crippen LogP contribution < -0.4 is 5.32 Å². The van der Waals surface area contributed by atoms with Crippen LogP contribution in [0.25, 0.3) is 11.0 Å². The normalized spacial score (nSPS) is 11.7. The van der Waals surface area contributed by atoms with Gasteiger partial charge in [-0.1, -0.05) is 127 Å². The summed E-state index contributed by atoms with van der Waals surface area (Å²) in [6.45, 7) is 16.8. The van der Waals surface area contributed by atoms with Crippen molar-refractivity contribution in [2.45, 2.75) is 92.3 Å². The van der Waals surface area contributed by atoms with Gasteiger partial charge in [0.05, 0.1) is 21.9 Å². The maximum absolute atomic E-state index is 13.8. The minimum absolute atomic E-state index is 0.0713. The second-order valence-electron chi connectivity index (χ2n) is 11.0. The molecular formula is C44H54Cl2N2O5S. The molecule has 0 spiro atoms. The van der Waals surface area contributed by atoms with Crippen LogP contribution in [0.3, 0.4) is 0 Å². The SMILES string of the molecule is CC.CC.CC.CC.CSc1cccc(CC(NC(=O)c2c(Cl)cc3c(c2Cl)CCN(C(=O)c2ccc4ccoc4c2)C3)C(=O)OCc2ccccc2)c1. The molecule has 5 aromatic rings. The lowest BCUT2D eigenvalue weighted by atomic mass is 9.95. The van der Waals surface area contributed by atoms with Gasteiger partial charge in [0.1, 0.15) is 18.2 Å². The standard InChI is InChI=1S/C36H30Cl2N2O5S.4C2H6/c1-46-27-9-5-8-23(16-27)17-30(36(43)45-21-22-6-3-2-4-7-22)39-34(41)32-29(37)18-26-20-40(14-12-28(26)33(32)38)35(42)25-11-10-24-13-15-44-31(24)19-25;4*1-2/h2-11,13,15-16,18-19,30H,12,14,17,20-21H2,1H3,(H,39,41);4*1-2H3. The van der Waals surface area contributed by atoms with E-state index in [1.165, 1.54) is 0 Å². The number of halogens is 2. The first-order valence-electron chi connectivity index (χ1n) is 18.7. The van der Waals surface area contributed by atoms with Crippen LogP contribution in [0.1, 0.15) is 98.4 Å². The monoisotopic (exact) mass is 792 g/mol. The number of thioether (sulfide) groups is 1. The Kier molecular flexibility index (Phi) is 20.6. The van der Waals surface area contributed by atoms with E-state index >= 15 is 0 Å². The van der Waals surface area contributed by atoms with Crippen LogP contribution in [0.15, 0.2) is 101 Å². The van der Waals surface area contributed by atoms with E-state index in [1.807, 2.05) is 128 Å². The van der Waals surface area contributed by atoms with Crippen LogP contribution in [0.4, 0.5) is 0 Å². The number of hydrogen-bond acceptors (Lipinski definition) is 6. The average molecular weight is 794 g/mol. The van der Waals surface area contributed by atoms with Gasteiger partial charge in [0.25, 0.3) is 11.8 Å². The van der Waals surface area contributed by atoms with Crippen molar-refractivity contribution >= 4 is 63.7 Å². The van der Waals surface area contributed by atoms with E-state index in [-0.39, 0.29) is 41.1 Å². The number of hydrogen-bond donors (Lipinski definition) is 1. The molecule has 1 aromatic heterocycles. The van der Waals surface area contributed by atoms with Gasteiger partial charge in [0.2, 0.25) is 0 Å². The van der Waals surface area contributed by atoms with Crippen LogP contribution >= 0.6 is 35.0 Å². The van der Waals surface area contributed by atoms with Gasteiger partial charge < -0.3 is 19.4 Å². The van der Waals surface area contributed by atoms with Gasteiger partial charge in [-0.2, -0.15) is 0 Å². The van der Waals surface area contributed by atoms with Crippen molar-refractivity contribution in [3.8, 4) is 0 Å². The van der Waals surface area contributed by atoms with E-state index in [4.69, 9.17) is 32.4 Å². The predicted octanol–water partition coefficient (Wildman–Crippen LogP) is 11.8. The minimum atomic E-state index is -0.990. The van der Waals surface area contributed by atoms with E-state index < -0.39 is 17.9 Å². The number of carbonyl (C=O) groups is 3. The molecule has 1 atom stereocenters. The second-order valence-corrected chi connectivity index (χ2v) is 12.7. The molecule has 6 rings (SSSR count). The molecule has 0 saturated heterocycles. The first-order valence-corrected chi connectivity index (χ1v) is 20.7. The van der Waals surface area contributed by atoms with Crippen LogP contribution in [-0.2, 0) is 35.5 Å². The summed E-state index contributed by atoms with van der Waals surface area (Å²) in [4.78, 5) is 43.2. The van der Waals surface area contributed by atoms with Gasteiger partial charge in [-0.05, 0) is 71.3 Å². The molecule has 0 fully saturated rings. The Morgan fingerprint density at radius 2 is 1.54 bits per heavy atom. The number of rotatable bonds is 9. The van der Waals surface area contributed by atoms with Crippen LogP contribution in [0.2, 0.25) is 10.0 Å². The molecule has 0 saturated carbocycles. The number of fused-ring (bicyclic) bond motifs is 2. The summed E-state index contributed by atoms with van der Waals surface area (Å²) in [5, 5.41) is 4.11. The van der Waals surface area contributed by atoms with Crippen molar-refractivity contribution in [2.75, 3.05) is 12.8 Å². The molecule has 2 heterocycles. The first-order chi connectivity index (χ1) is 26.3. The molecule has 1 aliphatic heterocycles. The summed E-state index contributed by atoms with van der Waals surface area (Å²) in [6, 6.07) is 25.0. The van der Waals surface area contributed by atoms with E-state index in [0.717, 1.165) is 32.5 Å². The number of carbonyl (C=O) groups excluding carboxylic acids is 3. The second kappa shape index (κ2) is 24.2. The van der Waals surface area contributed by atoms with Gasteiger partial charge in [-0.25, -0.2) is 4.79 Å². The lowest BCUT2D eigenvalue weighted by molar-refractivity contribution is -0.147. The van der Waals surface area contributed by atoms with E-state index in [2.05, 4.69) is 5.32 Å². The third-order valence-electron chi connectivity index (χ3n) is 8.01. The fourth-order valence-corrected chi connectivity index (χ4v) is 6.84. The number of amides is 2. The van der Waals surface area contributed by atoms with Crippen molar-refractivity contribution in [3.05, 3.63) is 135 Å². The third-order valence-corrected chi connectivity index (χ3v) is 9.45. The summed E-state index contributed by atoms with van der Waals surface area (Å²) >= 11 is 15.1. The van der Waals surface area contributed by atoms with Crippen LogP contribution in [0.5, 0.6) is 0 Å². The van der Waals surface area contributed by atoms with Crippen molar-refractivity contribution in [1.29, 1.82) is 0 Å². The van der Waals surface area contributed by atoms with Crippen LogP contribution in [0, 0.1) is 0 Å². The van der Waals surface area contributed by atoms with E-state index in [0.29, 0.717) is 24.1 Å². The zero-order chi connectivity index (χ0) is 40.2. The maximum atomic E-state index is 13.8. The molecule has 1 N–H and O–H groups in total. The molecular weight excluding hydrogens is 739 g/mol. The zero-order valence-corrected chi connectivity index (χ0v) is 35.3. The molecule has 290 valence electrons. The lowest BCUT2D eigenvalue weighted by Crippen LogP contribution is -2.43. The highest BCUT2D eigenvalue weighted by Gasteiger charge is 2.30. The Balaban J connectivity index is 0.00000118. The highest BCUT2D eigenvalue weighted by atomic mass is 35.5. The molecule has 1 unspecified atom stereocenters. The van der Waals surface area contributed by atoms with Crippen molar-refractivity contribution in [2.24, 2.45) is 0 Å². The molecule has 1 aliphatic rings. The Morgan fingerprint density at radius 1 is 0.852 bits per heavy atom. The molecule has 0 radical (unpaired) electrons. The molecule has 54 heavy (non-hydrogen) atoms. The number of ether oxygens (including phenoxy) is 1. The summed E-state index contributed by atoms with van der Waals surface area (Å²) in [5.41, 5.74) is 4.46. The van der Waals surface area contributed by atoms with E-state index in [1.54, 1.807) is 41.1 Å². The maximum Gasteiger partial charge on any atom is 0.329 e. The van der Waals surface area contributed by atoms with Gasteiger partial charge >= 0.3 is 5.97 Å².